The lowest BCUT2D eigenvalue weighted by Crippen LogP contribution is -2.61. The van der Waals surface area contributed by atoms with Crippen molar-refractivity contribution in [1.82, 2.24) is 103 Å². The lowest BCUT2D eigenvalue weighted by Gasteiger charge is -2.33. The summed E-state index contributed by atoms with van der Waals surface area (Å²) in [6.45, 7) is 4.00. The van der Waals surface area contributed by atoms with Crippen LogP contribution in [0.1, 0.15) is 113 Å². The van der Waals surface area contributed by atoms with E-state index in [0.717, 1.165) is 31.4 Å². The first-order chi connectivity index (χ1) is 64.0. The second kappa shape index (κ2) is 50.4. The molecule has 0 saturated carbocycles. The number of aromatic nitrogens is 4. The van der Waals surface area contributed by atoms with Crippen molar-refractivity contribution in [3.05, 3.63) is 162 Å². The van der Waals surface area contributed by atoms with Gasteiger partial charge in [-0.25, -0.2) is 4.98 Å². The zero-order valence-corrected chi connectivity index (χ0v) is 76.7. The van der Waals surface area contributed by atoms with Gasteiger partial charge in [-0.15, -0.1) is 11.8 Å². The Labute approximate surface area is 778 Å². The number of nitrogens with one attached hydrogen (secondary N) is 16. The molecule has 3 aromatic heterocycles. The summed E-state index contributed by atoms with van der Waals surface area (Å²) in [7, 11) is 3.85. The Morgan fingerprint density at radius 2 is 1.04 bits per heavy atom. The number of fused-ring (bicyclic) bond motifs is 3. The third kappa shape index (κ3) is 30.1. The molecule has 0 unspecified atom stereocenters. The van der Waals surface area contributed by atoms with Crippen molar-refractivity contribution in [1.29, 1.82) is 5.41 Å². The number of likely N-dealkylation sites (N-methyl/N-ethyl adjacent to an activating group) is 3. The van der Waals surface area contributed by atoms with E-state index in [2.05, 4.69) is 83.7 Å². The first-order valence-corrected chi connectivity index (χ1v) is 45.5. The van der Waals surface area contributed by atoms with Crippen LogP contribution in [0.15, 0.2) is 134 Å². The fourth-order valence-corrected chi connectivity index (χ4v) is 16.7. The molecule has 720 valence electrons. The summed E-state index contributed by atoms with van der Waals surface area (Å²) in [6, 6.07) is 10.9. The molecule has 43 heteroatoms. The van der Waals surface area contributed by atoms with Crippen molar-refractivity contribution < 1.29 is 86.6 Å². The molecule has 0 bridgehead atoms. The molecule has 9 rings (SSSR count). The van der Waals surface area contributed by atoms with E-state index in [9.17, 15) is 62.6 Å². The molecule has 0 spiro atoms. The molecular formula is C91H122N24O18S. The molecule has 5 heterocycles. The Kier molecular flexibility index (Phi) is 38.9. The predicted molar refractivity (Wildman–Crippen MR) is 496 cm³/mol. The quantitative estimate of drug-likeness (QED) is 0.0161. The summed E-state index contributed by atoms with van der Waals surface area (Å²) in [5, 5.41) is 52.2. The van der Waals surface area contributed by atoms with Crippen LogP contribution in [0.2, 0.25) is 0 Å². The summed E-state index contributed by atoms with van der Waals surface area (Å²) >= 11 is 0.788. The van der Waals surface area contributed by atoms with E-state index in [1.54, 1.807) is 135 Å². The van der Waals surface area contributed by atoms with Crippen LogP contribution in [-0.2, 0) is 114 Å². The van der Waals surface area contributed by atoms with Gasteiger partial charge in [0.2, 0.25) is 100 Å². The van der Waals surface area contributed by atoms with E-state index in [1.165, 1.54) is 40.6 Å². The van der Waals surface area contributed by atoms with Crippen LogP contribution in [0.25, 0.3) is 21.8 Å². The number of H-pyrrole nitrogens is 3. The van der Waals surface area contributed by atoms with Gasteiger partial charge in [0.1, 0.15) is 78.5 Å². The van der Waals surface area contributed by atoms with Gasteiger partial charge in [0.05, 0.1) is 38.2 Å². The number of carbonyl (C=O) groups excluding carboxylic acids is 17. The largest absolute Gasteiger partial charge is 0.394 e. The number of aromatic amines is 3. The maximum atomic E-state index is 15.7. The second-order valence-corrected chi connectivity index (χ2v) is 34.8. The van der Waals surface area contributed by atoms with Crippen LogP contribution in [0.4, 0.5) is 0 Å². The lowest BCUT2D eigenvalue weighted by molar-refractivity contribution is -0.145. The molecule has 134 heavy (non-hydrogen) atoms. The standard InChI is InChI=1S/C91H122N24O18S/c1-8-9-31-72-85(128)104-62(30-20-33-97-91(94)95)80(123)111-71(79(122)100-45-75(93)118)48-134-49-77(120)103-67(36-53-22-12-10-13-23-53)88(131)113(6)52(4)78(121)107-69(41-74(92)117)90(133)115-34-21-32-73(115)86(129)106-65(40-57-44-96-50-101-57)83(126)108-66(35-51(2)3)87(130)112(5)46-76(119)102-63(38-55-42-98-60-28-18-16-26-58(55)60)81(124)110-70(47-116)84(127)105-64(39-56-43-99-61-29-19-17-27-59(56)61)82(125)109-68(89(132)114(72)7)37-54-24-14-11-15-25-54/h10-19,22-29,42-44,50-52,62-73,98-99,116H,8-9,20-21,30-41,45-49H2,1-7H3,(H2,92,117)(H2,93,118)(H,96,101)(H,100,122)(H,102,119)(H,103,120)(H,104,128)(H,105,127)(H,106,129)(H,107,121)(H,108,126)(H,109,125)(H,110,124)(H,111,123)(H4,94,95,97)/t52-,62-,63-,64-,65-,66-,67-,68-,69-,70-,71-,72-,73-/m0/s1. The smallest absolute Gasteiger partial charge is 0.246 e. The molecular weight excluding hydrogens is 1750 g/mol. The van der Waals surface area contributed by atoms with Gasteiger partial charge in [-0.2, -0.15) is 0 Å². The number of primary amides is 2. The number of hydrogen-bond acceptors (Lipinski definition) is 21. The monoisotopic (exact) mass is 1870 g/mol. The normalized spacial score (nSPS) is 23.2. The van der Waals surface area contributed by atoms with Gasteiger partial charge in [-0.3, -0.25) is 86.9 Å². The number of para-hydroxylation sites is 2. The Morgan fingerprint density at radius 1 is 0.530 bits per heavy atom. The van der Waals surface area contributed by atoms with E-state index in [-0.39, 0.29) is 89.6 Å². The summed E-state index contributed by atoms with van der Waals surface area (Å²) in [4.78, 5) is 266. The van der Waals surface area contributed by atoms with Crippen molar-refractivity contribution in [2.75, 3.05) is 65.4 Å². The molecule has 0 radical (unpaired) electrons. The highest BCUT2D eigenvalue weighted by Gasteiger charge is 2.44. The number of imidazole rings is 1. The minimum Gasteiger partial charge on any atom is -0.394 e. The fraction of sp³-hybridized carbons (Fsp3) is 0.462. The van der Waals surface area contributed by atoms with Gasteiger partial charge in [0.25, 0.3) is 0 Å². The number of unbranched alkanes of at least 4 members (excludes halogenated alkanes) is 1. The van der Waals surface area contributed by atoms with E-state index in [0.29, 0.717) is 62.6 Å². The molecule has 2 aliphatic rings. The summed E-state index contributed by atoms with van der Waals surface area (Å²) < 4.78 is 0. The van der Waals surface area contributed by atoms with Gasteiger partial charge in [0, 0.05) is 118 Å². The summed E-state index contributed by atoms with van der Waals surface area (Å²) in [6.07, 6.45) is 4.71. The number of amides is 17. The number of aliphatic hydroxyl groups is 1. The molecule has 7 aromatic rings. The van der Waals surface area contributed by atoms with Gasteiger partial charge in [0.15, 0.2) is 5.96 Å². The molecule has 17 amide bonds. The number of rotatable bonds is 25. The molecule has 2 aliphatic heterocycles. The predicted octanol–water partition coefficient (Wildman–Crippen LogP) is -2.43. The van der Waals surface area contributed by atoms with Crippen LogP contribution in [-0.4, -0.2) is 295 Å². The van der Waals surface area contributed by atoms with Gasteiger partial charge in [-0.05, 0) is 85.8 Å². The van der Waals surface area contributed by atoms with Crippen molar-refractivity contribution in [2.45, 2.75) is 196 Å². The van der Waals surface area contributed by atoms with Crippen molar-refractivity contribution in [2.24, 2.45) is 23.1 Å². The Balaban J connectivity index is 1.09. The number of carbonyl (C=O) groups is 17. The minimum absolute atomic E-state index is 0.0111. The van der Waals surface area contributed by atoms with Crippen LogP contribution in [0.3, 0.4) is 0 Å². The van der Waals surface area contributed by atoms with Crippen LogP contribution in [0, 0.1) is 11.3 Å². The molecule has 42 nitrogen and oxygen atoms in total. The molecule has 23 N–H and O–H groups in total. The van der Waals surface area contributed by atoms with Crippen LogP contribution < -0.4 is 81.0 Å². The lowest BCUT2D eigenvalue weighted by atomic mass is 10.00. The zero-order chi connectivity index (χ0) is 97.4. The minimum atomic E-state index is -1.87. The number of guanidine groups is 1. The van der Waals surface area contributed by atoms with E-state index in [1.807, 2.05) is 6.92 Å². The van der Waals surface area contributed by atoms with Gasteiger partial charge in [-0.1, -0.05) is 131 Å². The maximum absolute atomic E-state index is 15.7. The summed E-state index contributed by atoms with van der Waals surface area (Å²) in [5.41, 5.74) is 20.5. The second-order valence-electron chi connectivity index (χ2n) is 33.8. The number of hydrogen-bond donors (Lipinski definition) is 20. The van der Waals surface area contributed by atoms with Crippen molar-refractivity contribution in [3.63, 3.8) is 0 Å². The maximum Gasteiger partial charge on any atom is 0.246 e. The number of aliphatic hydroxyl groups excluding tert-OH is 1. The van der Waals surface area contributed by atoms with E-state index < -0.39 is 223 Å². The molecule has 2 fully saturated rings. The van der Waals surface area contributed by atoms with Gasteiger partial charge < -0.3 is 121 Å². The molecule has 2 saturated heterocycles. The van der Waals surface area contributed by atoms with E-state index in [4.69, 9.17) is 22.6 Å². The first-order valence-electron chi connectivity index (χ1n) is 44.4. The van der Waals surface area contributed by atoms with E-state index >= 15 is 24.0 Å². The Hall–Kier alpha value is -14.3. The third-order valence-electron chi connectivity index (χ3n) is 23.1. The SMILES string of the molecule is CCCC[C@H]1C(=O)N[C@@H](CCCNC(=N)N)C(=O)N[C@H](C(=O)NCC(N)=O)CSCC(=O)N[C@@H](Cc2ccccc2)C(=O)N(C)[C@@H](C)C(=O)N[C@@H](CC(N)=O)C(=O)N2CCC[C@H]2C(=O)N[C@@H](Cc2cnc[nH]2)C(=O)N[C@@H](CC(C)C)C(=O)N(C)CC(=O)N[C@@H](Cc2c[nH]c3ccccc23)C(=O)N[C@@H](CO)C(=O)N[C@@H](Cc2c[nH]c3ccccc23)C(=O)N[C@@H](Cc2ccccc2)C(=O)N1C. The number of benzene rings is 4. The average molecular weight is 1870 g/mol. The number of nitrogens with two attached hydrogens (primary N) is 3. The number of thioether (sulfide) groups is 1. The van der Waals surface area contributed by atoms with Crippen molar-refractivity contribution >= 4 is 140 Å². The Bertz CT molecular complexity index is 5310. The average Bonchev–Trinajstić information content (AvgIpc) is 1.57. The highest BCUT2D eigenvalue weighted by atomic mass is 32.2. The van der Waals surface area contributed by atoms with Crippen LogP contribution in [0.5, 0.6) is 0 Å². The first kappa shape index (κ1) is 103. The molecule has 4 aromatic carbocycles. The Morgan fingerprint density at radius 3 is 1.61 bits per heavy atom. The highest BCUT2D eigenvalue weighted by molar-refractivity contribution is 8.00. The fourth-order valence-electron chi connectivity index (χ4n) is 15.9. The molecule has 13 atom stereocenters. The molecule has 0 aliphatic carbocycles. The number of nitrogens with zero attached hydrogens (tertiary/aromatic N) is 5. The third-order valence-corrected chi connectivity index (χ3v) is 24.2. The zero-order valence-electron chi connectivity index (χ0n) is 75.9. The summed E-state index contributed by atoms with van der Waals surface area (Å²) in [5.74, 6) is -17.5. The van der Waals surface area contributed by atoms with Crippen molar-refractivity contribution in [3.8, 4) is 0 Å². The van der Waals surface area contributed by atoms with Crippen LogP contribution >= 0.6 is 11.8 Å². The highest BCUT2D eigenvalue weighted by Crippen LogP contribution is 2.25. The topological polar surface area (TPSA) is 630 Å². The van der Waals surface area contributed by atoms with Gasteiger partial charge >= 0.3 is 0 Å².